The van der Waals surface area contributed by atoms with Crippen LogP contribution in [0.15, 0.2) is 65.5 Å². The molecule has 7 heteroatoms. The number of carbonyl (C=O) groups is 2. The molecule has 136 valence electrons. The van der Waals surface area contributed by atoms with Gasteiger partial charge in [-0.2, -0.15) is 0 Å². The van der Waals surface area contributed by atoms with E-state index in [2.05, 4.69) is 17.8 Å². The van der Waals surface area contributed by atoms with Gasteiger partial charge in [0.1, 0.15) is 11.5 Å². The normalized spacial score (nSPS) is 22.9. The van der Waals surface area contributed by atoms with E-state index in [0.717, 1.165) is 5.56 Å². The molecule has 2 aromatic carbocycles. The summed E-state index contributed by atoms with van der Waals surface area (Å²) in [5.74, 6) is -1.57. The fourth-order valence-electron chi connectivity index (χ4n) is 3.59. The zero-order valence-electron chi connectivity index (χ0n) is 14.1. The molecule has 2 unspecified atom stereocenters. The summed E-state index contributed by atoms with van der Waals surface area (Å²) in [6.07, 6.45) is 0.0753. The number of amides is 1. The second-order valence-corrected chi connectivity index (χ2v) is 7.87. The summed E-state index contributed by atoms with van der Waals surface area (Å²) in [7, 11) is 0. The molecule has 4 nitrogen and oxygen atoms in total. The molecule has 2 heterocycles. The predicted octanol–water partition coefficient (Wildman–Crippen LogP) is 4.47. The van der Waals surface area contributed by atoms with E-state index >= 15 is 0 Å². The molecule has 0 N–H and O–H groups in total. The maximum absolute atomic E-state index is 13.3. The molecule has 2 atom stereocenters. The third kappa shape index (κ3) is 2.88. The largest absolute Gasteiger partial charge is 0.298 e. The van der Waals surface area contributed by atoms with Crippen molar-refractivity contribution in [2.75, 3.05) is 0 Å². The van der Waals surface area contributed by atoms with Gasteiger partial charge >= 0.3 is 0 Å². The second kappa shape index (κ2) is 7.11. The lowest BCUT2D eigenvalue weighted by atomic mass is 9.74. The van der Waals surface area contributed by atoms with Crippen LogP contribution in [0, 0.1) is 0 Å². The first-order valence-electron chi connectivity index (χ1n) is 8.30. The molecule has 1 saturated heterocycles. The molecule has 1 aliphatic rings. The highest BCUT2D eigenvalue weighted by Crippen LogP contribution is 2.47. The van der Waals surface area contributed by atoms with Crippen LogP contribution in [0.1, 0.15) is 29.2 Å². The van der Waals surface area contributed by atoms with E-state index < -0.39 is 17.4 Å². The Kier molecular flexibility index (Phi) is 4.80. The van der Waals surface area contributed by atoms with Gasteiger partial charge in [-0.15, -0.1) is 11.3 Å². The van der Waals surface area contributed by atoms with Gasteiger partial charge in [0.05, 0.1) is 11.2 Å². The minimum Gasteiger partial charge on any atom is -0.298 e. The van der Waals surface area contributed by atoms with Gasteiger partial charge in [-0.25, -0.2) is 4.98 Å². The maximum Gasteiger partial charge on any atom is 0.248 e. The maximum atomic E-state index is 13.3. The third-order valence-electron chi connectivity index (χ3n) is 4.89. The smallest absolute Gasteiger partial charge is 0.248 e. The van der Waals surface area contributed by atoms with E-state index in [4.69, 9.17) is 11.6 Å². The number of nitrogens with zero attached hydrogens (tertiary/aromatic N) is 2. The molecule has 0 spiro atoms. The highest BCUT2D eigenvalue weighted by molar-refractivity contribution is 7.78. The lowest BCUT2D eigenvalue weighted by Crippen LogP contribution is -2.54. The Morgan fingerprint density at radius 3 is 2.48 bits per heavy atom. The number of hydrogen-bond acceptors (Lipinski definition) is 5. The highest BCUT2D eigenvalue weighted by atomic mass is 35.5. The number of ketones is 1. The summed E-state index contributed by atoms with van der Waals surface area (Å²) in [6.45, 7) is 0. The topological polar surface area (TPSA) is 50.3 Å². The number of thiazole rings is 1. The van der Waals surface area contributed by atoms with Gasteiger partial charge in [-0.05, 0) is 17.2 Å². The number of benzene rings is 2. The number of hydrogen-bond donors (Lipinski definition) is 1. The molecule has 0 aliphatic carbocycles. The number of piperidine rings is 1. The van der Waals surface area contributed by atoms with E-state index in [1.807, 2.05) is 35.7 Å². The quantitative estimate of drug-likeness (QED) is 0.508. The molecule has 1 amide bonds. The number of aromatic nitrogens is 1. The molecular formula is C20H15ClN2O2S2. The van der Waals surface area contributed by atoms with Gasteiger partial charge in [-0.3, -0.25) is 13.9 Å². The van der Waals surface area contributed by atoms with Gasteiger partial charge in [0, 0.05) is 16.8 Å². The van der Waals surface area contributed by atoms with Crippen molar-refractivity contribution in [1.29, 1.82) is 0 Å². The van der Waals surface area contributed by atoms with E-state index in [0.29, 0.717) is 16.3 Å². The van der Waals surface area contributed by atoms with E-state index in [9.17, 15) is 9.59 Å². The van der Waals surface area contributed by atoms with Gasteiger partial charge < -0.3 is 0 Å². The van der Waals surface area contributed by atoms with E-state index in [1.54, 1.807) is 29.8 Å². The van der Waals surface area contributed by atoms with Crippen molar-refractivity contribution in [3.8, 4) is 0 Å². The highest BCUT2D eigenvalue weighted by Gasteiger charge is 2.53. The number of carbonyl (C=O) groups excluding carboxylic acids is 2. The van der Waals surface area contributed by atoms with Crippen LogP contribution in [0.4, 0.5) is 0 Å². The second-order valence-electron chi connectivity index (χ2n) is 6.35. The van der Waals surface area contributed by atoms with Crippen molar-refractivity contribution in [2.24, 2.45) is 0 Å². The Morgan fingerprint density at radius 2 is 1.81 bits per heavy atom. The SMILES string of the molecule is O=C1CC(c2ccccc2)(c2cscn2)N(S)C(=O)C1c1ccccc1Cl. The van der Waals surface area contributed by atoms with Gasteiger partial charge in [0.25, 0.3) is 0 Å². The fourth-order valence-corrected chi connectivity index (χ4v) is 4.86. The molecule has 1 fully saturated rings. The molecule has 1 aromatic heterocycles. The lowest BCUT2D eigenvalue weighted by Gasteiger charge is -2.45. The number of thiol groups is 1. The Hall–Kier alpha value is -2.15. The Balaban J connectivity index is 1.86. The number of halogens is 1. The molecule has 0 radical (unpaired) electrons. The molecule has 1 aliphatic heterocycles. The summed E-state index contributed by atoms with van der Waals surface area (Å²) >= 11 is 12.3. The van der Waals surface area contributed by atoms with Crippen LogP contribution in [-0.2, 0) is 15.1 Å². The van der Waals surface area contributed by atoms with E-state index in [-0.39, 0.29) is 12.2 Å². The first-order chi connectivity index (χ1) is 13.1. The van der Waals surface area contributed by atoms with Crippen molar-refractivity contribution in [3.63, 3.8) is 0 Å². The van der Waals surface area contributed by atoms with Crippen LogP contribution in [0.3, 0.4) is 0 Å². The summed E-state index contributed by atoms with van der Waals surface area (Å²) in [5.41, 5.74) is 2.58. The number of Topliss-reactive ketones (excluding diaryl/α,β-unsaturated/α-hetero) is 1. The molecular weight excluding hydrogens is 400 g/mol. The van der Waals surface area contributed by atoms with Crippen LogP contribution in [0.2, 0.25) is 5.02 Å². The first-order valence-corrected chi connectivity index (χ1v) is 10.0. The Bertz CT molecular complexity index is 994. The van der Waals surface area contributed by atoms with Crippen LogP contribution >= 0.6 is 35.8 Å². The van der Waals surface area contributed by atoms with Crippen molar-refractivity contribution in [1.82, 2.24) is 9.29 Å². The fraction of sp³-hybridized carbons (Fsp3) is 0.150. The summed E-state index contributed by atoms with van der Waals surface area (Å²) < 4.78 is 1.35. The molecule has 27 heavy (non-hydrogen) atoms. The van der Waals surface area contributed by atoms with Crippen LogP contribution < -0.4 is 0 Å². The van der Waals surface area contributed by atoms with Crippen LogP contribution in [0.5, 0.6) is 0 Å². The zero-order valence-corrected chi connectivity index (χ0v) is 16.5. The molecule has 3 aromatic rings. The summed E-state index contributed by atoms with van der Waals surface area (Å²) in [6, 6.07) is 16.3. The molecule has 0 saturated carbocycles. The van der Waals surface area contributed by atoms with Crippen LogP contribution in [-0.4, -0.2) is 21.0 Å². The first kappa shape index (κ1) is 18.2. The summed E-state index contributed by atoms with van der Waals surface area (Å²) in [4.78, 5) is 31.0. The Labute approximate surface area is 171 Å². The van der Waals surface area contributed by atoms with Gasteiger partial charge in [-0.1, -0.05) is 72.9 Å². The monoisotopic (exact) mass is 414 g/mol. The van der Waals surface area contributed by atoms with Crippen molar-refractivity contribution in [2.45, 2.75) is 17.9 Å². The molecule has 0 bridgehead atoms. The van der Waals surface area contributed by atoms with Gasteiger partial charge in [0.2, 0.25) is 5.91 Å². The third-order valence-corrected chi connectivity index (χ3v) is 6.36. The average molecular weight is 415 g/mol. The minimum atomic E-state index is -1.05. The average Bonchev–Trinajstić information content (AvgIpc) is 3.22. The molecule has 4 rings (SSSR count). The summed E-state index contributed by atoms with van der Waals surface area (Å²) in [5, 5.41) is 2.25. The van der Waals surface area contributed by atoms with E-state index in [1.165, 1.54) is 15.6 Å². The van der Waals surface area contributed by atoms with Crippen molar-refractivity contribution in [3.05, 3.63) is 87.3 Å². The van der Waals surface area contributed by atoms with Gasteiger partial charge in [0.15, 0.2) is 5.78 Å². The lowest BCUT2D eigenvalue weighted by molar-refractivity contribution is -0.142. The predicted molar refractivity (Wildman–Crippen MR) is 109 cm³/mol. The number of rotatable bonds is 3. The van der Waals surface area contributed by atoms with Crippen molar-refractivity contribution < 1.29 is 9.59 Å². The van der Waals surface area contributed by atoms with Crippen molar-refractivity contribution >= 4 is 47.4 Å². The van der Waals surface area contributed by atoms with Crippen LogP contribution in [0.25, 0.3) is 0 Å². The Morgan fingerprint density at radius 1 is 1.11 bits per heavy atom. The minimum absolute atomic E-state index is 0.0753. The zero-order chi connectivity index (χ0) is 19.0. The standard InChI is InChI=1S/C20H15ClN2O2S2/c21-15-9-5-4-8-14(15)18-16(24)10-20(23(26)19(18)25,17-11-27-12-22-17)13-6-2-1-3-7-13/h1-9,11-12,18,26H,10H2.